The maximum Gasteiger partial charge on any atom is 0.251 e. The highest BCUT2D eigenvalue weighted by molar-refractivity contribution is 6.22. The number of likely N-dealkylation sites (tertiary alicyclic amines) is 1. The Kier molecular flexibility index (Phi) is 4.78. The van der Waals surface area contributed by atoms with Crippen LogP contribution in [-0.4, -0.2) is 47.1 Å². The van der Waals surface area contributed by atoms with Crippen LogP contribution in [0.2, 0.25) is 0 Å². The lowest BCUT2D eigenvalue weighted by atomic mass is 9.97. The van der Waals surface area contributed by atoms with Gasteiger partial charge in [0.25, 0.3) is 5.91 Å². The van der Waals surface area contributed by atoms with Gasteiger partial charge in [0, 0.05) is 12.6 Å². The molecule has 0 aromatic heterocycles. The fourth-order valence-corrected chi connectivity index (χ4v) is 3.73. The molecule has 2 atom stereocenters. The summed E-state index contributed by atoms with van der Waals surface area (Å²) in [6, 6.07) is 7.32. The average molecular weight is 316 g/mol. The molecule has 1 aromatic rings. The van der Waals surface area contributed by atoms with Gasteiger partial charge in [-0.15, -0.1) is 0 Å². The van der Waals surface area contributed by atoms with Crippen molar-refractivity contribution in [2.45, 2.75) is 51.1 Å². The number of hydrogen-bond acceptors (Lipinski definition) is 4. The smallest absolute Gasteiger partial charge is 0.251 e. The summed E-state index contributed by atoms with van der Waals surface area (Å²) in [5.74, 6) is -0.249. The molecule has 2 aliphatic heterocycles. The molecule has 23 heavy (non-hydrogen) atoms. The number of imide groups is 1. The molecule has 124 valence electrons. The molecule has 5 heteroatoms. The minimum Gasteiger partial charge on any atom is -0.396 e. The molecule has 1 N–H and O–H groups in total. The van der Waals surface area contributed by atoms with Crippen molar-refractivity contribution in [3.8, 4) is 0 Å². The van der Waals surface area contributed by atoms with Gasteiger partial charge in [-0.25, -0.2) is 4.90 Å². The molecular formula is C18H24N2O3. The van der Waals surface area contributed by atoms with E-state index in [4.69, 9.17) is 0 Å². The van der Waals surface area contributed by atoms with E-state index in [9.17, 15) is 14.7 Å². The summed E-state index contributed by atoms with van der Waals surface area (Å²) in [5.41, 5.74) is 1.76. The Morgan fingerprint density at radius 3 is 2.61 bits per heavy atom. The molecule has 2 aliphatic rings. The predicted octanol–water partition coefficient (Wildman–Crippen LogP) is 1.86. The Labute approximate surface area is 136 Å². The third-order valence-corrected chi connectivity index (χ3v) is 4.95. The zero-order chi connectivity index (χ0) is 16.4. The first-order valence-electron chi connectivity index (χ1n) is 8.42. The Bertz CT molecular complexity index is 582. The number of aliphatic hydroxyl groups is 1. The molecule has 0 radical (unpaired) electrons. The molecule has 0 unspecified atom stereocenters. The molecular weight excluding hydrogens is 292 g/mol. The minimum atomic E-state index is -0.374. The van der Waals surface area contributed by atoms with Gasteiger partial charge in [0.2, 0.25) is 5.91 Å². The summed E-state index contributed by atoms with van der Waals surface area (Å²) in [6.45, 7) is 2.93. The molecule has 2 saturated heterocycles. The van der Waals surface area contributed by atoms with Crippen LogP contribution in [0.3, 0.4) is 0 Å². The van der Waals surface area contributed by atoms with E-state index in [0.29, 0.717) is 12.1 Å². The van der Waals surface area contributed by atoms with Crippen LogP contribution < -0.4 is 4.90 Å². The van der Waals surface area contributed by atoms with E-state index in [2.05, 4.69) is 4.90 Å². The van der Waals surface area contributed by atoms with Gasteiger partial charge in [-0.05, 0) is 44.9 Å². The largest absolute Gasteiger partial charge is 0.396 e. The topological polar surface area (TPSA) is 60.9 Å². The summed E-state index contributed by atoms with van der Waals surface area (Å²) < 4.78 is 0. The van der Waals surface area contributed by atoms with Crippen LogP contribution in [-0.2, 0) is 9.59 Å². The SMILES string of the molecule is Cc1ccc(N2C(=O)C[C@@H](N3CCCC[C@@H]3CCO)C2=O)cc1. The van der Waals surface area contributed by atoms with Gasteiger partial charge in [0.05, 0.1) is 18.2 Å². The number of aryl methyl sites for hydroxylation is 1. The second-order valence-electron chi connectivity index (χ2n) is 6.52. The molecule has 0 bridgehead atoms. The lowest BCUT2D eigenvalue weighted by Crippen LogP contribution is -2.50. The molecule has 3 rings (SSSR count). The third-order valence-electron chi connectivity index (χ3n) is 4.95. The highest BCUT2D eigenvalue weighted by atomic mass is 16.3. The van der Waals surface area contributed by atoms with E-state index in [1.54, 1.807) is 0 Å². The number of benzene rings is 1. The van der Waals surface area contributed by atoms with Crippen LogP contribution in [0.4, 0.5) is 5.69 Å². The number of anilines is 1. The van der Waals surface area contributed by atoms with E-state index < -0.39 is 0 Å². The quantitative estimate of drug-likeness (QED) is 0.862. The zero-order valence-corrected chi connectivity index (χ0v) is 13.6. The molecule has 0 saturated carbocycles. The molecule has 0 aliphatic carbocycles. The standard InChI is InChI=1S/C18H24N2O3/c1-13-5-7-15(8-6-13)20-17(22)12-16(18(20)23)19-10-3-2-4-14(19)9-11-21/h5-8,14,16,21H,2-4,9-12H2,1H3/t14-,16-/m1/s1. The first-order valence-corrected chi connectivity index (χ1v) is 8.42. The summed E-state index contributed by atoms with van der Waals surface area (Å²) in [6.07, 6.45) is 4.07. The highest BCUT2D eigenvalue weighted by Gasteiger charge is 2.44. The Hall–Kier alpha value is -1.72. The lowest BCUT2D eigenvalue weighted by molar-refractivity contribution is -0.123. The summed E-state index contributed by atoms with van der Waals surface area (Å²) in [4.78, 5) is 28.7. The van der Waals surface area contributed by atoms with Crippen LogP contribution in [0.25, 0.3) is 0 Å². The van der Waals surface area contributed by atoms with Crippen molar-refractivity contribution in [3.63, 3.8) is 0 Å². The summed E-state index contributed by atoms with van der Waals surface area (Å²) in [7, 11) is 0. The number of carbonyl (C=O) groups excluding carboxylic acids is 2. The maximum atomic E-state index is 12.9. The highest BCUT2D eigenvalue weighted by Crippen LogP contribution is 2.30. The molecule has 5 nitrogen and oxygen atoms in total. The fourth-order valence-electron chi connectivity index (χ4n) is 3.73. The predicted molar refractivity (Wildman–Crippen MR) is 88.1 cm³/mol. The number of carbonyl (C=O) groups is 2. The normalized spacial score (nSPS) is 26.1. The first kappa shape index (κ1) is 16.1. The van der Waals surface area contributed by atoms with Crippen molar-refractivity contribution in [1.29, 1.82) is 0 Å². The van der Waals surface area contributed by atoms with Crippen LogP contribution >= 0.6 is 0 Å². The van der Waals surface area contributed by atoms with Crippen LogP contribution in [0.15, 0.2) is 24.3 Å². The number of aliphatic hydroxyl groups excluding tert-OH is 1. The van der Waals surface area contributed by atoms with Gasteiger partial charge in [0.15, 0.2) is 0 Å². The Morgan fingerprint density at radius 1 is 1.17 bits per heavy atom. The number of nitrogens with zero attached hydrogens (tertiary/aromatic N) is 2. The molecule has 2 amide bonds. The van der Waals surface area contributed by atoms with Crippen molar-refractivity contribution < 1.29 is 14.7 Å². The van der Waals surface area contributed by atoms with Crippen molar-refractivity contribution in [2.24, 2.45) is 0 Å². The fraction of sp³-hybridized carbons (Fsp3) is 0.556. The lowest BCUT2D eigenvalue weighted by Gasteiger charge is -2.38. The first-order chi connectivity index (χ1) is 11.1. The number of rotatable bonds is 4. The number of hydrogen-bond donors (Lipinski definition) is 1. The summed E-state index contributed by atoms with van der Waals surface area (Å²) in [5, 5.41) is 9.26. The van der Waals surface area contributed by atoms with Crippen LogP contribution in [0, 0.1) is 6.92 Å². The van der Waals surface area contributed by atoms with Gasteiger partial charge < -0.3 is 5.11 Å². The molecule has 2 heterocycles. The van der Waals surface area contributed by atoms with E-state index in [-0.39, 0.29) is 36.9 Å². The van der Waals surface area contributed by atoms with Crippen molar-refractivity contribution in [3.05, 3.63) is 29.8 Å². The second-order valence-corrected chi connectivity index (χ2v) is 6.52. The van der Waals surface area contributed by atoms with E-state index >= 15 is 0 Å². The monoisotopic (exact) mass is 316 g/mol. The third kappa shape index (κ3) is 3.16. The summed E-state index contributed by atoms with van der Waals surface area (Å²) >= 11 is 0. The number of piperidine rings is 1. The Morgan fingerprint density at radius 2 is 1.91 bits per heavy atom. The van der Waals surface area contributed by atoms with Crippen LogP contribution in [0.5, 0.6) is 0 Å². The Balaban J connectivity index is 1.81. The molecule has 2 fully saturated rings. The van der Waals surface area contributed by atoms with E-state index in [1.165, 1.54) is 4.90 Å². The van der Waals surface area contributed by atoms with Crippen molar-refractivity contribution in [1.82, 2.24) is 4.90 Å². The van der Waals surface area contributed by atoms with Gasteiger partial charge in [-0.3, -0.25) is 14.5 Å². The average Bonchev–Trinajstić information content (AvgIpc) is 2.84. The molecule has 0 spiro atoms. The zero-order valence-electron chi connectivity index (χ0n) is 13.6. The van der Waals surface area contributed by atoms with Gasteiger partial charge in [-0.2, -0.15) is 0 Å². The van der Waals surface area contributed by atoms with Crippen molar-refractivity contribution >= 4 is 17.5 Å². The van der Waals surface area contributed by atoms with Gasteiger partial charge in [0.1, 0.15) is 0 Å². The van der Waals surface area contributed by atoms with Gasteiger partial charge >= 0.3 is 0 Å². The van der Waals surface area contributed by atoms with Crippen molar-refractivity contribution in [2.75, 3.05) is 18.1 Å². The van der Waals surface area contributed by atoms with Gasteiger partial charge in [-0.1, -0.05) is 24.1 Å². The van der Waals surface area contributed by atoms with E-state index in [0.717, 1.165) is 31.4 Å². The second kappa shape index (κ2) is 6.81. The maximum absolute atomic E-state index is 12.9. The van der Waals surface area contributed by atoms with E-state index in [1.807, 2.05) is 31.2 Å². The minimum absolute atomic E-state index is 0.122. The van der Waals surface area contributed by atoms with Crippen LogP contribution in [0.1, 0.15) is 37.7 Å². The number of amides is 2. The molecule has 1 aromatic carbocycles.